The van der Waals surface area contributed by atoms with E-state index in [-0.39, 0.29) is 0 Å². The van der Waals surface area contributed by atoms with Crippen molar-refractivity contribution in [3.8, 4) is 39.1 Å². The standard InChI is InChI=1S/C34H21N/c1-2-10-25(11-3-1)35-32-15-5-4-12-27(32)28-19-17-24(21-33(28)35)23-16-18-26-29-13-6-8-22-9-7-14-30(34(22)29)31(26)20-23/h1-21H. The molecule has 0 saturated carbocycles. The molecule has 0 bridgehead atoms. The molecule has 1 nitrogen and oxygen atoms in total. The number of fused-ring (bicyclic) bond motifs is 6. The van der Waals surface area contributed by atoms with Crippen molar-refractivity contribution in [1.82, 2.24) is 4.57 Å². The number of nitrogens with zero attached hydrogens (tertiary/aromatic N) is 1. The fraction of sp³-hybridized carbons (Fsp3) is 0. The summed E-state index contributed by atoms with van der Waals surface area (Å²) in [5.74, 6) is 0. The Morgan fingerprint density at radius 2 is 1.09 bits per heavy atom. The fourth-order valence-electron chi connectivity index (χ4n) is 5.98. The lowest BCUT2D eigenvalue weighted by Gasteiger charge is -2.10. The molecule has 0 unspecified atom stereocenters. The summed E-state index contributed by atoms with van der Waals surface area (Å²) in [5.41, 5.74) is 11.5. The molecular formula is C34H21N. The van der Waals surface area contributed by atoms with E-state index in [0.29, 0.717) is 0 Å². The van der Waals surface area contributed by atoms with Crippen molar-refractivity contribution in [3.05, 3.63) is 127 Å². The molecule has 0 aliphatic heterocycles. The molecule has 1 heteroatoms. The Morgan fingerprint density at radius 1 is 0.400 bits per heavy atom. The second-order valence-corrected chi connectivity index (χ2v) is 9.39. The van der Waals surface area contributed by atoms with Crippen molar-refractivity contribution in [2.45, 2.75) is 0 Å². The Bertz CT molecular complexity index is 1930. The van der Waals surface area contributed by atoms with Gasteiger partial charge in [0.05, 0.1) is 11.0 Å². The molecule has 0 saturated heterocycles. The van der Waals surface area contributed by atoms with Gasteiger partial charge in [0, 0.05) is 16.5 Å². The van der Waals surface area contributed by atoms with E-state index in [1.807, 2.05) is 0 Å². The summed E-state index contributed by atoms with van der Waals surface area (Å²) in [6.07, 6.45) is 0. The van der Waals surface area contributed by atoms with E-state index in [1.165, 1.54) is 71.6 Å². The van der Waals surface area contributed by atoms with Crippen LogP contribution >= 0.6 is 0 Å². The summed E-state index contributed by atoms with van der Waals surface area (Å²) < 4.78 is 2.39. The van der Waals surface area contributed by atoms with Crippen molar-refractivity contribution in [2.75, 3.05) is 0 Å². The molecule has 0 atom stereocenters. The van der Waals surface area contributed by atoms with E-state index in [9.17, 15) is 0 Å². The minimum Gasteiger partial charge on any atom is -0.309 e. The van der Waals surface area contributed by atoms with Gasteiger partial charge in [-0.2, -0.15) is 0 Å². The molecule has 7 aromatic rings. The molecule has 8 rings (SSSR count). The third-order valence-electron chi connectivity index (χ3n) is 7.53. The highest BCUT2D eigenvalue weighted by Crippen LogP contribution is 2.48. The van der Waals surface area contributed by atoms with Gasteiger partial charge in [-0.15, -0.1) is 0 Å². The monoisotopic (exact) mass is 443 g/mol. The normalized spacial score (nSPS) is 12.0. The molecule has 0 N–H and O–H groups in total. The summed E-state index contributed by atoms with van der Waals surface area (Å²) in [5, 5.41) is 5.26. The number of hydrogen-bond acceptors (Lipinski definition) is 0. The highest BCUT2D eigenvalue weighted by molar-refractivity contribution is 6.16. The lowest BCUT2D eigenvalue weighted by atomic mass is 9.97. The van der Waals surface area contributed by atoms with Gasteiger partial charge in [0.2, 0.25) is 0 Å². The van der Waals surface area contributed by atoms with Crippen LogP contribution in [-0.4, -0.2) is 4.57 Å². The van der Waals surface area contributed by atoms with Crippen LogP contribution in [0.15, 0.2) is 127 Å². The molecule has 6 aromatic carbocycles. The van der Waals surface area contributed by atoms with Gasteiger partial charge in [-0.1, -0.05) is 97.1 Å². The smallest absolute Gasteiger partial charge is 0.0547 e. The van der Waals surface area contributed by atoms with Crippen LogP contribution in [0.4, 0.5) is 0 Å². The minimum atomic E-state index is 1.19. The van der Waals surface area contributed by atoms with E-state index in [4.69, 9.17) is 0 Å². The van der Waals surface area contributed by atoms with E-state index in [0.717, 1.165) is 0 Å². The summed E-state index contributed by atoms with van der Waals surface area (Å²) in [6.45, 7) is 0. The number of hydrogen-bond donors (Lipinski definition) is 0. The highest BCUT2D eigenvalue weighted by atomic mass is 15.0. The van der Waals surface area contributed by atoms with Crippen LogP contribution in [0, 0.1) is 0 Å². The van der Waals surface area contributed by atoms with Crippen molar-refractivity contribution in [2.24, 2.45) is 0 Å². The van der Waals surface area contributed by atoms with E-state index in [2.05, 4.69) is 132 Å². The molecule has 0 radical (unpaired) electrons. The van der Waals surface area contributed by atoms with E-state index >= 15 is 0 Å². The number of rotatable bonds is 2. The van der Waals surface area contributed by atoms with Gasteiger partial charge >= 0.3 is 0 Å². The molecule has 0 spiro atoms. The Balaban J connectivity index is 1.37. The maximum absolute atomic E-state index is 2.39. The van der Waals surface area contributed by atoms with E-state index < -0.39 is 0 Å². The zero-order valence-corrected chi connectivity index (χ0v) is 19.1. The first-order valence-corrected chi connectivity index (χ1v) is 12.1. The minimum absolute atomic E-state index is 1.19. The molecule has 1 aromatic heterocycles. The number of aromatic nitrogens is 1. The van der Waals surface area contributed by atoms with Gasteiger partial charge < -0.3 is 4.57 Å². The van der Waals surface area contributed by atoms with Crippen LogP contribution in [0.2, 0.25) is 0 Å². The van der Waals surface area contributed by atoms with Crippen molar-refractivity contribution >= 4 is 32.6 Å². The molecule has 1 aliphatic rings. The first-order valence-electron chi connectivity index (χ1n) is 12.1. The van der Waals surface area contributed by atoms with Gasteiger partial charge in [-0.3, -0.25) is 0 Å². The predicted octanol–water partition coefficient (Wildman–Crippen LogP) is 9.25. The Labute approximate surface area is 203 Å². The maximum atomic E-state index is 2.39. The van der Waals surface area contributed by atoms with Crippen molar-refractivity contribution in [3.63, 3.8) is 0 Å². The average Bonchev–Trinajstić information content (AvgIpc) is 3.43. The first-order chi connectivity index (χ1) is 17.4. The van der Waals surface area contributed by atoms with Crippen LogP contribution < -0.4 is 0 Å². The molecule has 35 heavy (non-hydrogen) atoms. The summed E-state index contributed by atoms with van der Waals surface area (Å²) >= 11 is 0. The van der Waals surface area contributed by atoms with Crippen LogP contribution in [0.3, 0.4) is 0 Å². The van der Waals surface area contributed by atoms with Crippen molar-refractivity contribution < 1.29 is 0 Å². The van der Waals surface area contributed by atoms with Gasteiger partial charge in [-0.25, -0.2) is 0 Å². The lowest BCUT2D eigenvalue weighted by molar-refractivity contribution is 1.18. The zero-order chi connectivity index (χ0) is 22.9. The van der Waals surface area contributed by atoms with Gasteiger partial charge in [0.25, 0.3) is 0 Å². The van der Waals surface area contributed by atoms with Crippen LogP contribution in [0.1, 0.15) is 0 Å². The predicted molar refractivity (Wildman–Crippen MR) is 148 cm³/mol. The molecule has 0 fully saturated rings. The summed E-state index contributed by atoms with van der Waals surface area (Å²) in [4.78, 5) is 0. The van der Waals surface area contributed by atoms with Crippen LogP contribution in [0.25, 0.3) is 71.6 Å². The fourth-order valence-corrected chi connectivity index (χ4v) is 5.98. The third-order valence-corrected chi connectivity index (χ3v) is 7.53. The second kappa shape index (κ2) is 6.94. The number of para-hydroxylation sites is 2. The van der Waals surface area contributed by atoms with Crippen LogP contribution in [-0.2, 0) is 0 Å². The lowest BCUT2D eigenvalue weighted by Crippen LogP contribution is -1.93. The summed E-state index contributed by atoms with van der Waals surface area (Å²) in [6, 6.07) is 46.5. The molecule has 1 heterocycles. The van der Waals surface area contributed by atoms with E-state index in [1.54, 1.807) is 0 Å². The largest absolute Gasteiger partial charge is 0.309 e. The molecule has 1 aliphatic carbocycles. The number of benzene rings is 6. The Kier molecular flexibility index (Phi) is 3.72. The average molecular weight is 444 g/mol. The Hall–Kier alpha value is -4.62. The van der Waals surface area contributed by atoms with Crippen LogP contribution in [0.5, 0.6) is 0 Å². The van der Waals surface area contributed by atoms with Gasteiger partial charge in [0.15, 0.2) is 0 Å². The Morgan fingerprint density at radius 3 is 1.94 bits per heavy atom. The highest BCUT2D eigenvalue weighted by Gasteiger charge is 2.21. The molecule has 0 amide bonds. The molecular weight excluding hydrogens is 422 g/mol. The topological polar surface area (TPSA) is 4.93 Å². The zero-order valence-electron chi connectivity index (χ0n) is 19.1. The molecule has 162 valence electrons. The quantitative estimate of drug-likeness (QED) is 0.251. The maximum Gasteiger partial charge on any atom is 0.0547 e. The third kappa shape index (κ3) is 2.58. The van der Waals surface area contributed by atoms with Crippen molar-refractivity contribution in [1.29, 1.82) is 0 Å². The first kappa shape index (κ1) is 18.8. The SMILES string of the molecule is c1ccc(-n2c3ccccc3c3ccc(-c4ccc5c(c4)-c4cccc6cccc-5c46)cc32)cc1. The van der Waals surface area contributed by atoms with Gasteiger partial charge in [0.1, 0.15) is 0 Å². The second-order valence-electron chi connectivity index (χ2n) is 9.39. The summed E-state index contributed by atoms with van der Waals surface area (Å²) in [7, 11) is 0. The van der Waals surface area contributed by atoms with Gasteiger partial charge in [-0.05, 0) is 74.5 Å².